The molecule has 1 aliphatic carbocycles. The molecule has 1 N–H and O–H groups in total. The summed E-state index contributed by atoms with van der Waals surface area (Å²) >= 11 is 12.7. The maximum atomic E-state index is 12.3. The zero-order valence-corrected chi connectivity index (χ0v) is 20.2. The van der Waals surface area contributed by atoms with Gasteiger partial charge < -0.3 is 15.1 Å². The Hall–Kier alpha value is -1.17. The van der Waals surface area contributed by atoms with Crippen LogP contribution in [-0.4, -0.2) is 67.2 Å². The van der Waals surface area contributed by atoms with Crippen molar-refractivity contribution in [1.29, 1.82) is 0 Å². The Morgan fingerprint density at radius 1 is 1.06 bits per heavy atom. The molecule has 0 spiro atoms. The quantitative estimate of drug-likeness (QED) is 0.642. The summed E-state index contributed by atoms with van der Waals surface area (Å²) in [7, 11) is 0. The number of rotatable bonds is 5. The number of halogens is 2. The van der Waals surface area contributed by atoms with Gasteiger partial charge in [-0.15, -0.1) is 0 Å². The van der Waals surface area contributed by atoms with E-state index < -0.39 is 0 Å². The predicted octanol–water partition coefficient (Wildman–Crippen LogP) is 5.26. The van der Waals surface area contributed by atoms with E-state index in [0.717, 1.165) is 76.6 Å². The van der Waals surface area contributed by atoms with Crippen molar-refractivity contribution < 1.29 is 4.79 Å². The Kier molecular flexibility index (Phi) is 7.89. The lowest BCUT2D eigenvalue weighted by atomic mass is 9.84. The molecule has 2 heterocycles. The molecule has 1 aromatic rings. The van der Waals surface area contributed by atoms with E-state index in [9.17, 15) is 4.79 Å². The van der Waals surface area contributed by atoms with Gasteiger partial charge in [0.25, 0.3) is 0 Å². The molecular weight excluding hydrogens is 431 g/mol. The van der Waals surface area contributed by atoms with Gasteiger partial charge in [0.15, 0.2) is 0 Å². The van der Waals surface area contributed by atoms with Crippen molar-refractivity contribution in [2.24, 2.45) is 5.92 Å². The highest BCUT2D eigenvalue weighted by Gasteiger charge is 2.28. The average Bonchev–Trinajstić information content (AvgIpc) is 3.31. The van der Waals surface area contributed by atoms with Crippen LogP contribution < -0.4 is 10.2 Å². The smallest absolute Gasteiger partial charge is 0.317 e. The molecule has 1 saturated carbocycles. The van der Waals surface area contributed by atoms with Crippen LogP contribution in [0.15, 0.2) is 18.2 Å². The minimum atomic E-state index is 0.160. The molecule has 0 unspecified atom stereocenters. The van der Waals surface area contributed by atoms with Crippen molar-refractivity contribution >= 4 is 34.9 Å². The first-order chi connectivity index (χ1) is 15.0. The maximum Gasteiger partial charge on any atom is 0.317 e. The van der Waals surface area contributed by atoms with Crippen molar-refractivity contribution in [2.45, 2.75) is 64.0 Å². The first kappa shape index (κ1) is 23.0. The van der Waals surface area contributed by atoms with E-state index in [0.29, 0.717) is 22.1 Å². The number of hydrogen-bond donors (Lipinski definition) is 1. The molecular formula is C24H36Cl2N4O. The van der Waals surface area contributed by atoms with Crippen molar-refractivity contribution in [3.05, 3.63) is 28.2 Å². The lowest BCUT2D eigenvalue weighted by Crippen LogP contribution is -2.52. The van der Waals surface area contributed by atoms with Crippen LogP contribution in [0.2, 0.25) is 10.0 Å². The second-order valence-corrected chi connectivity index (χ2v) is 10.4. The number of urea groups is 1. The van der Waals surface area contributed by atoms with Crippen LogP contribution in [0.4, 0.5) is 10.5 Å². The van der Waals surface area contributed by atoms with Crippen molar-refractivity contribution in [2.75, 3.05) is 44.2 Å². The minimum absolute atomic E-state index is 0.160. The van der Waals surface area contributed by atoms with Crippen LogP contribution >= 0.6 is 23.2 Å². The Balaban J connectivity index is 1.17. The molecule has 3 fully saturated rings. The highest BCUT2D eigenvalue weighted by atomic mass is 35.5. The Morgan fingerprint density at radius 3 is 2.52 bits per heavy atom. The van der Waals surface area contributed by atoms with Gasteiger partial charge in [-0.3, -0.25) is 4.90 Å². The third-order valence-electron chi connectivity index (χ3n) is 7.37. The standard InChI is InChI=1S/C24H36Cl2N4O/c1-18-17-28(15-16-30(18)22-6-4-5-21(25)23(22)26)14-11-19-7-9-20(10-8-19)27-24(31)29-12-2-3-13-29/h4-6,18-20H,2-3,7-17H2,1H3,(H,27,31)/t18-,19?,20?/m1/s1. The van der Waals surface area contributed by atoms with Crippen LogP contribution in [0.5, 0.6) is 0 Å². The first-order valence-corrected chi connectivity index (χ1v) is 12.8. The molecule has 31 heavy (non-hydrogen) atoms. The number of amides is 2. The van der Waals surface area contributed by atoms with E-state index in [1.165, 1.54) is 19.3 Å². The summed E-state index contributed by atoms with van der Waals surface area (Å²) in [5.74, 6) is 0.788. The van der Waals surface area contributed by atoms with E-state index in [1.807, 2.05) is 17.0 Å². The lowest BCUT2D eigenvalue weighted by Gasteiger charge is -2.42. The summed E-state index contributed by atoms with van der Waals surface area (Å²) < 4.78 is 0. The highest BCUT2D eigenvalue weighted by Crippen LogP contribution is 2.34. The fourth-order valence-corrected chi connectivity index (χ4v) is 5.86. The number of hydrogen-bond acceptors (Lipinski definition) is 3. The molecule has 7 heteroatoms. The molecule has 1 aromatic carbocycles. The Bertz CT molecular complexity index is 747. The van der Waals surface area contributed by atoms with E-state index in [2.05, 4.69) is 28.1 Å². The monoisotopic (exact) mass is 466 g/mol. The van der Waals surface area contributed by atoms with Gasteiger partial charge in [-0.05, 0) is 76.5 Å². The van der Waals surface area contributed by atoms with Crippen LogP contribution in [-0.2, 0) is 0 Å². The lowest BCUT2D eigenvalue weighted by molar-refractivity contribution is 0.184. The van der Waals surface area contributed by atoms with Gasteiger partial charge in [0.1, 0.15) is 0 Å². The van der Waals surface area contributed by atoms with Gasteiger partial charge in [-0.1, -0.05) is 29.3 Å². The first-order valence-electron chi connectivity index (χ1n) is 12.0. The Labute approximate surface area is 197 Å². The van der Waals surface area contributed by atoms with E-state index in [4.69, 9.17) is 23.2 Å². The zero-order valence-electron chi connectivity index (χ0n) is 18.7. The molecule has 4 rings (SSSR count). The molecule has 2 aliphatic heterocycles. The van der Waals surface area contributed by atoms with E-state index in [1.54, 1.807) is 0 Å². The highest BCUT2D eigenvalue weighted by molar-refractivity contribution is 6.43. The summed E-state index contributed by atoms with van der Waals surface area (Å²) in [6.45, 7) is 8.40. The van der Waals surface area contributed by atoms with E-state index in [-0.39, 0.29) is 6.03 Å². The minimum Gasteiger partial charge on any atom is -0.365 e. The number of nitrogens with zero attached hydrogens (tertiary/aromatic N) is 3. The summed E-state index contributed by atoms with van der Waals surface area (Å²) in [5.41, 5.74) is 1.05. The third-order valence-corrected chi connectivity index (χ3v) is 8.18. The molecule has 0 bridgehead atoms. The number of benzene rings is 1. The normalized spacial score (nSPS) is 27.5. The number of piperazine rings is 1. The molecule has 0 radical (unpaired) electrons. The maximum absolute atomic E-state index is 12.3. The summed E-state index contributed by atoms with van der Waals surface area (Å²) in [5, 5.41) is 4.56. The third kappa shape index (κ3) is 5.80. The van der Waals surface area contributed by atoms with Gasteiger partial charge >= 0.3 is 6.03 Å². The summed E-state index contributed by atoms with van der Waals surface area (Å²) in [6.07, 6.45) is 8.29. The van der Waals surface area contributed by atoms with Crippen molar-refractivity contribution in [3.63, 3.8) is 0 Å². The number of carbonyl (C=O) groups is 1. The van der Waals surface area contributed by atoms with Crippen LogP contribution in [0, 0.1) is 5.92 Å². The summed E-state index contributed by atoms with van der Waals surface area (Å²) in [4.78, 5) is 19.3. The fraction of sp³-hybridized carbons (Fsp3) is 0.708. The molecule has 5 nitrogen and oxygen atoms in total. The average molecular weight is 467 g/mol. The molecule has 2 saturated heterocycles. The second-order valence-electron chi connectivity index (χ2n) is 9.57. The van der Waals surface area contributed by atoms with Gasteiger partial charge in [0.2, 0.25) is 0 Å². The number of nitrogens with one attached hydrogen (secondary N) is 1. The second kappa shape index (κ2) is 10.6. The number of likely N-dealkylation sites (tertiary alicyclic amines) is 1. The van der Waals surface area contributed by atoms with Gasteiger partial charge in [0, 0.05) is 44.8 Å². The van der Waals surface area contributed by atoms with Gasteiger partial charge in [0.05, 0.1) is 15.7 Å². The molecule has 0 aromatic heterocycles. The zero-order chi connectivity index (χ0) is 21.8. The predicted molar refractivity (Wildman–Crippen MR) is 129 cm³/mol. The summed E-state index contributed by atoms with van der Waals surface area (Å²) in [6, 6.07) is 6.85. The molecule has 172 valence electrons. The van der Waals surface area contributed by atoms with Crippen LogP contribution in [0.3, 0.4) is 0 Å². The molecule has 3 aliphatic rings. The molecule has 1 atom stereocenters. The SMILES string of the molecule is C[C@@H]1CN(CCC2CCC(NC(=O)N3CCCC3)CC2)CCN1c1cccc(Cl)c1Cl. The Morgan fingerprint density at radius 2 is 1.81 bits per heavy atom. The van der Waals surface area contributed by atoms with Crippen molar-refractivity contribution in [3.8, 4) is 0 Å². The largest absolute Gasteiger partial charge is 0.365 e. The van der Waals surface area contributed by atoms with Gasteiger partial charge in [-0.25, -0.2) is 4.79 Å². The van der Waals surface area contributed by atoms with Crippen molar-refractivity contribution in [1.82, 2.24) is 15.1 Å². The fourth-order valence-electron chi connectivity index (χ4n) is 5.46. The van der Waals surface area contributed by atoms with Crippen LogP contribution in [0.1, 0.15) is 51.9 Å². The van der Waals surface area contributed by atoms with E-state index >= 15 is 0 Å². The van der Waals surface area contributed by atoms with Crippen LogP contribution in [0.25, 0.3) is 0 Å². The molecule has 2 amide bonds. The number of carbonyl (C=O) groups excluding carboxylic acids is 1. The van der Waals surface area contributed by atoms with Gasteiger partial charge in [-0.2, -0.15) is 0 Å². The number of anilines is 1. The topological polar surface area (TPSA) is 38.8 Å².